The number of halogens is 1. The van der Waals surface area contributed by atoms with Gasteiger partial charge in [0.05, 0.1) is 22.9 Å². The van der Waals surface area contributed by atoms with Crippen LogP contribution in [0.2, 0.25) is 0 Å². The maximum atomic E-state index is 12.3. The molecule has 2 aromatic heterocycles. The molecule has 1 aromatic carbocycles. The molecule has 6 nitrogen and oxygen atoms in total. The topological polar surface area (TPSA) is 84.1 Å². The molecule has 1 atom stereocenters. The molecular formula is C20H22BrN3O3S2. The van der Waals surface area contributed by atoms with Crippen LogP contribution < -0.4 is 15.6 Å². The molecule has 29 heavy (non-hydrogen) atoms. The maximum Gasteiger partial charge on any atom is 0.259 e. The van der Waals surface area contributed by atoms with Crippen molar-refractivity contribution < 1.29 is 9.53 Å². The normalized spacial score (nSPS) is 12.1. The minimum atomic E-state index is -0.270. The van der Waals surface area contributed by atoms with Crippen LogP contribution in [0.4, 0.5) is 0 Å². The maximum absolute atomic E-state index is 12.3. The Bertz CT molecular complexity index is 1080. The fraction of sp³-hybridized carbons (Fsp3) is 0.350. The molecule has 0 spiro atoms. The Morgan fingerprint density at radius 3 is 2.97 bits per heavy atom. The van der Waals surface area contributed by atoms with E-state index in [1.165, 1.54) is 23.1 Å². The smallest absolute Gasteiger partial charge is 0.259 e. The first kappa shape index (κ1) is 21.9. The molecule has 0 bridgehead atoms. The summed E-state index contributed by atoms with van der Waals surface area (Å²) in [5.74, 6) is 1.73. The highest BCUT2D eigenvalue weighted by Gasteiger charge is 2.16. The summed E-state index contributed by atoms with van der Waals surface area (Å²) >= 11 is 6.35. The second-order valence-electron chi connectivity index (χ2n) is 6.53. The van der Waals surface area contributed by atoms with Crippen LogP contribution >= 0.6 is 39.0 Å². The average molecular weight is 496 g/mol. The van der Waals surface area contributed by atoms with Crippen molar-refractivity contribution in [2.45, 2.75) is 31.8 Å². The van der Waals surface area contributed by atoms with Crippen molar-refractivity contribution in [2.24, 2.45) is 0 Å². The zero-order valence-corrected chi connectivity index (χ0v) is 19.6. The van der Waals surface area contributed by atoms with Gasteiger partial charge in [-0.25, -0.2) is 4.98 Å². The summed E-state index contributed by atoms with van der Waals surface area (Å²) in [6.07, 6.45) is 0. The molecule has 0 saturated carbocycles. The van der Waals surface area contributed by atoms with Crippen LogP contribution in [0.25, 0.3) is 10.2 Å². The van der Waals surface area contributed by atoms with Gasteiger partial charge in [0.25, 0.3) is 5.56 Å². The van der Waals surface area contributed by atoms with Crippen molar-refractivity contribution in [1.29, 1.82) is 0 Å². The first-order valence-electron chi connectivity index (χ1n) is 9.11. The number of rotatable bonds is 8. The zero-order chi connectivity index (χ0) is 21.0. The first-order valence-corrected chi connectivity index (χ1v) is 11.8. The quantitative estimate of drug-likeness (QED) is 0.457. The van der Waals surface area contributed by atoms with Crippen molar-refractivity contribution in [1.82, 2.24) is 15.3 Å². The largest absolute Gasteiger partial charge is 0.492 e. The number of carbonyl (C=O) groups is 1. The van der Waals surface area contributed by atoms with Crippen molar-refractivity contribution >= 4 is 55.2 Å². The number of H-pyrrole nitrogens is 1. The number of ether oxygens (including phenoxy) is 1. The predicted molar refractivity (Wildman–Crippen MR) is 123 cm³/mol. The lowest BCUT2D eigenvalue weighted by Gasteiger charge is -2.12. The minimum absolute atomic E-state index is 0.0703. The number of aromatic amines is 1. The monoisotopic (exact) mass is 495 g/mol. The summed E-state index contributed by atoms with van der Waals surface area (Å²) < 4.78 is 6.56. The molecular weight excluding hydrogens is 474 g/mol. The average Bonchev–Trinajstić information content (AvgIpc) is 2.97. The first-order chi connectivity index (χ1) is 13.8. The highest BCUT2D eigenvalue weighted by Crippen LogP contribution is 2.26. The molecule has 2 N–H and O–H groups in total. The number of fused-ring (bicyclic) bond motifs is 1. The van der Waals surface area contributed by atoms with E-state index in [-0.39, 0.29) is 16.7 Å². The highest BCUT2D eigenvalue weighted by molar-refractivity contribution is 9.10. The molecule has 0 aliphatic carbocycles. The van der Waals surface area contributed by atoms with E-state index >= 15 is 0 Å². The number of nitrogens with zero attached hydrogens (tertiary/aromatic N) is 1. The predicted octanol–water partition coefficient (Wildman–Crippen LogP) is 4.18. The van der Waals surface area contributed by atoms with E-state index < -0.39 is 0 Å². The van der Waals surface area contributed by atoms with E-state index in [2.05, 4.69) is 31.2 Å². The van der Waals surface area contributed by atoms with Crippen LogP contribution in [0.15, 0.2) is 33.5 Å². The Morgan fingerprint density at radius 1 is 1.41 bits per heavy atom. The second kappa shape index (κ2) is 9.77. The van der Waals surface area contributed by atoms with E-state index in [1.54, 1.807) is 0 Å². The van der Waals surface area contributed by atoms with Crippen molar-refractivity contribution in [3.05, 3.63) is 55.4 Å². The van der Waals surface area contributed by atoms with Gasteiger partial charge in [-0.1, -0.05) is 22.0 Å². The lowest BCUT2D eigenvalue weighted by Crippen LogP contribution is -2.34. The Kier molecular flexibility index (Phi) is 7.37. The van der Waals surface area contributed by atoms with E-state index in [1.807, 2.05) is 45.0 Å². The molecule has 0 fully saturated rings. The number of thioether (sulfide) groups is 1. The van der Waals surface area contributed by atoms with Gasteiger partial charge in [-0.05, 0) is 44.5 Å². The van der Waals surface area contributed by atoms with E-state index in [0.29, 0.717) is 30.1 Å². The number of carbonyl (C=O) groups excluding carboxylic acids is 1. The van der Waals surface area contributed by atoms with Crippen LogP contribution in [0.5, 0.6) is 5.75 Å². The summed E-state index contributed by atoms with van der Waals surface area (Å²) in [6, 6.07) is 7.56. The summed E-state index contributed by atoms with van der Waals surface area (Å²) in [5.41, 5.74) is 0.866. The lowest BCUT2D eigenvalue weighted by atomic mass is 10.2. The Labute approximate surface area is 185 Å². The molecule has 3 rings (SSSR count). The lowest BCUT2D eigenvalue weighted by molar-refractivity contribution is -0.120. The van der Waals surface area contributed by atoms with Crippen LogP contribution in [0, 0.1) is 13.8 Å². The van der Waals surface area contributed by atoms with E-state index in [4.69, 9.17) is 4.74 Å². The van der Waals surface area contributed by atoms with Crippen LogP contribution in [0.3, 0.4) is 0 Å². The van der Waals surface area contributed by atoms with Gasteiger partial charge in [0.2, 0.25) is 5.91 Å². The molecule has 1 amide bonds. The molecule has 0 aliphatic heterocycles. The third-order valence-corrected chi connectivity index (χ3v) is 7.14. The molecule has 0 aliphatic rings. The van der Waals surface area contributed by atoms with Gasteiger partial charge >= 0.3 is 0 Å². The Balaban J connectivity index is 1.47. The number of aryl methyl sites for hydroxylation is 2. The molecule has 3 aromatic rings. The highest BCUT2D eigenvalue weighted by atomic mass is 79.9. The van der Waals surface area contributed by atoms with Gasteiger partial charge in [0.1, 0.15) is 23.0 Å². The van der Waals surface area contributed by atoms with Crippen molar-refractivity contribution in [3.63, 3.8) is 0 Å². The third kappa shape index (κ3) is 5.61. The summed E-state index contributed by atoms with van der Waals surface area (Å²) in [4.78, 5) is 33.8. The number of hydrogen-bond acceptors (Lipinski definition) is 6. The zero-order valence-electron chi connectivity index (χ0n) is 16.4. The van der Waals surface area contributed by atoms with Gasteiger partial charge < -0.3 is 15.0 Å². The molecule has 154 valence electrons. The van der Waals surface area contributed by atoms with Crippen molar-refractivity contribution in [2.75, 3.05) is 13.2 Å². The van der Waals surface area contributed by atoms with Crippen LogP contribution in [0.1, 0.15) is 23.2 Å². The number of hydrogen-bond donors (Lipinski definition) is 2. The van der Waals surface area contributed by atoms with Crippen LogP contribution in [-0.4, -0.2) is 34.3 Å². The fourth-order valence-electron chi connectivity index (χ4n) is 2.69. The van der Waals surface area contributed by atoms with Gasteiger partial charge in [0.15, 0.2) is 0 Å². The van der Waals surface area contributed by atoms with Crippen LogP contribution in [-0.2, 0) is 10.5 Å². The number of benzene rings is 1. The number of amides is 1. The number of thiophene rings is 1. The Hall–Kier alpha value is -1.84. The SMILES string of the molecule is Cc1sc2nc(CSC(C)C(=O)NCCOc3cccc(Br)c3)[nH]c(=O)c2c1C. The summed E-state index contributed by atoms with van der Waals surface area (Å²) in [5, 5.41) is 3.26. The summed E-state index contributed by atoms with van der Waals surface area (Å²) in [6.45, 7) is 6.58. The molecule has 2 heterocycles. The van der Waals surface area contributed by atoms with Gasteiger partial charge in [0, 0.05) is 9.35 Å². The minimum Gasteiger partial charge on any atom is -0.492 e. The standard InChI is InChI=1S/C20H22BrN3O3S2/c1-11-12(2)29-20-17(11)19(26)23-16(24-20)10-28-13(3)18(25)22-7-8-27-15-6-4-5-14(21)9-15/h4-6,9,13H,7-8,10H2,1-3H3,(H,22,25)(H,23,24,26). The number of nitrogens with one attached hydrogen (secondary N) is 2. The van der Waals surface area contributed by atoms with Crippen molar-refractivity contribution in [3.8, 4) is 5.75 Å². The fourth-order valence-corrected chi connectivity index (χ4v) is 4.90. The van der Waals surface area contributed by atoms with Gasteiger partial charge in [-0.15, -0.1) is 23.1 Å². The molecule has 0 saturated heterocycles. The van der Waals surface area contributed by atoms with E-state index in [9.17, 15) is 9.59 Å². The number of aromatic nitrogens is 2. The summed E-state index contributed by atoms with van der Waals surface area (Å²) in [7, 11) is 0. The molecule has 0 radical (unpaired) electrons. The second-order valence-corrected chi connectivity index (χ2v) is 9.97. The molecule has 9 heteroatoms. The molecule has 1 unspecified atom stereocenters. The Morgan fingerprint density at radius 2 is 2.21 bits per heavy atom. The van der Waals surface area contributed by atoms with Gasteiger partial charge in [-0.2, -0.15) is 0 Å². The van der Waals surface area contributed by atoms with E-state index in [0.717, 1.165) is 25.5 Å². The third-order valence-electron chi connectivity index (χ3n) is 4.39. The van der Waals surface area contributed by atoms with Gasteiger partial charge in [-0.3, -0.25) is 9.59 Å².